The number of morpholine rings is 1. The average Bonchev–Trinajstić information content (AvgIpc) is 3.27. The molecule has 0 spiro atoms. The number of likely N-dealkylation sites (N-methyl/N-ethyl adjacent to an activating group) is 1. The molecule has 2 unspecified atom stereocenters. The van der Waals surface area contributed by atoms with Gasteiger partial charge in [0.15, 0.2) is 0 Å². The summed E-state index contributed by atoms with van der Waals surface area (Å²) in [5, 5.41) is 2.83. The van der Waals surface area contributed by atoms with E-state index < -0.39 is 0 Å². The molecule has 1 aliphatic carbocycles. The largest absolute Gasteiger partial charge is 0.374 e. The number of ether oxygens (including phenoxy) is 1. The Bertz CT molecular complexity index is 397. The van der Waals surface area contributed by atoms with Gasteiger partial charge in [-0.25, -0.2) is 0 Å². The van der Waals surface area contributed by atoms with E-state index in [1.807, 2.05) is 0 Å². The van der Waals surface area contributed by atoms with Gasteiger partial charge >= 0.3 is 0 Å². The lowest BCUT2D eigenvalue weighted by molar-refractivity contribution is -0.147. The number of hydrogen-bond donors (Lipinski definition) is 1. The fraction of sp³-hybridized carbons (Fsp3) is 0.857. The summed E-state index contributed by atoms with van der Waals surface area (Å²) in [6.07, 6.45) is 2.13. The van der Waals surface area contributed by atoms with Crippen LogP contribution in [0, 0.1) is 5.92 Å². The maximum absolute atomic E-state index is 12.4. The molecule has 0 aromatic rings. The first-order valence-corrected chi connectivity index (χ1v) is 7.59. The van der Waals surface area contributed by atoms with Crippen molar-refractivity contribution < 1.29 is 14.3 Å². The van der Waals surface area contributed by atoms with E-state index in [2.05, 4.69) is 17.1 Å². The Hall–Kier alpha value is -1.14. The van der Waals surface area contributed by atoms with Crippen LogP contribution in [0.2, 0.25) is 0 Å². The molecule has 0 radical (unpaired) electrons. The van der Waals surface area contributed by atoms with E-state index in [0.717, 1.165) is 32.5 Å². The summed E-state index contributed by atoms with van der Waals surface area (Å²) in [5.74, 6) is 0.391. The number of nitrogens with zero attached hydrogens (tertiary/aromatic N) is 2. The van der Waals surface area contributed by atoms with Crippen molar-refractivity contribution >= 4 is 11.8 Å². The van der Waals surface area contributed by atoms with Crippen molar-refractivity contribution in [1.29, 1.82) is 0 Å². The molecule has 2 aliphatic heterocycles. The molecule has 6 nitrogen and oxygen atoms in total. The minimum absolute atomic E-state index is 0.0263. The summed E-state index contributed by atoms with van der Waals surface area (Å²) in [5.41, 5.74) is 0. The molecule has 3 fully saturated rings. The second-order valence-electron chi connectivity index (χ2n) is 5.99. The molecule has 1 N–H and O–H groups in total. The lowest BCUT2D eigenvalue weighted by atomic mass is 10.1. The van der Waals surface area contributed by atoms with Crippen LogP contribution in [-0.4, -0.2) is 73.1 Å². The van der Waals surface area contributed by atoms with Crippen molar-refractivity contribution in [1.82, 2.24) is 15.1 Å². The lowest BCUT2D eigenvalue weighted by Crippen LogP contribution is -2.61. The van der Waals surface area contributed by atoms with Crippen molar-refractivity contribution in [3.8, 4) is 0 Å². The monoisotopic (exact) mass is 281 g/mol. The molecule has 0 aromatic heterocycles. The van der Waals surface area contributed by atoms with Gasteiger partial charge in [-0.15, -0.1) is 0 Å². The van der Waals surface area contributed by atoms with E-state index in [4.69, 9.17) is 4.74 Å². The van der Waals surface area contributed by atoms with Gasteiger partial charge in [0.1, 0.15) is 6.04 Å². The third kappa shape index (κ3) is 2.96. The fourth-order valence-corrected chi connectivity index (χ4v) is 3.06. The van der Waals surface area contributed by atoms with E-state index in [-0.39, 0.29) is 30.5 Å². The third-order valence-corrected chi connectivity index (χ3v) is 4.42. The first-order valence-electron chi connectivity index (χ1n) is 7.59. The Morgan fingerprint density at radius 3 is 2.85 bits per heavy atom. The summed E-state index contributed by atoms with van der Waals surface area (Å²) in [6, 6.07) is -0.290. The summed E-state index contributed by atoms with van der Waals surface area (Å²) in [6.45, 7) is 6.34. The molecule has 20 heavy (non-hydrogen) atoms. The molecule has 0 bridgehead atoms. The molecule has 2 heterocycles. The van der Waals surface area contributed by atoms with Crippen LogP contribution >= 0.6 is 0 Å². The van der Waals surface area contributed by atoms with Gasteiger partial charge in [0.25, 0.3) is 0 Å². The molecule has 3 aliphatic rings. The summed E-state index contributed by atoms with van der Waals surface area (Å²) < 4.78 is 5.74. The van der Waals surface area contributed by atoms with Crippen molar-refractivity contribution in [2.24, 2.45) is 5.92 Å². The lowest BCUT2D eigenvalue weighted by Gasteiger charge is -2.38. The minimum Gasteiger partial charge on any atom is -0.374 e. The molecule has 0 aromatic carbocycles. The first kappa shape index (κ1) is 13.8. The highest BCUT2D eigenvalue weighted by molar-refractivity contribution is 5.95. The van der Waals surface area contributed by atoms with E-state index in [1.54, 1.807) is 4.90 Å². The van der Waals surface area contributed by atoms with Crippen LogP contribution in [0.3, 0.4) is 0 Å². The van der Waals surface area contributed by atoms with Crippen molar-refractivity contribution in [2.45, 2.75) is 31.9 Å². The Morgan fingerprint density at radius 1 is 1.35 bits per heavy atom. The van der Waals surface area contributed by atoms with Crippen LogP contribution in [0.25, 0.3) is 0 Å². The molecule has 2 atom stereocenters. The second-order valence-corrected chi connectivity index (χ2v) is 5.99. The number of nitrogens with one attached hydrogen (secondary N) is 1. The van der Waals surface area contributed by atoms with Crippen LogP contribution in [0.15, 0.2) is 0 Å². The van der Waals surface area contributed by atoms with Crippen LogP contribution in [0.5, 0.6) is 0 Å². The maximum atomic E-state index is 12.4. The van der Waals surface area contributed by atoms with Gasteiger partial charge in [0.05, 0.1) is 19.3 Å². The van der Waals surface area contributed by atoms with Crippen molar-refractivity contribution in [3.05, 3.63) is 0 Å². The van der Waals surface area contributed by atoms with E-state index in [9.17, 15) is 9.59 Å². The number of hydrogen-bond acceptors (Lipinski definition) is 4. The molecule has 1 saturated carbocycles. The average molecular weight is 281 g/mol. The Labute approximate surface area is 119 Å². The number of piperazine rings is 1. The predicted octanol–water partition coefficient (Wildman–Crippen LogP) is -0.556. The molecule has 3 rings (SSSR count). The SMILES string of the molecule is CCN1CCOC(CN2CC(=O)NC(C3CC3)C2=O)C1. The maximum Gasteiger partial charge on any atom is 0.245 e. The fourth-order valence-electron chi connectivity index (χ4n) is 3.06. The quantitative estimate of drug-likeness (QED) is 0.751. The first-order chi connectivity index (χ1) is 9.67. The molecule has 2 amide bonds. The highest BCUT2D eigenvalue weighted by Crippen LogP contribution is 2.34. The summed E-state index contributed by atoms with van der Waals surface area (Å²) >= 11 is 0. The summed E-state index contributed by atoms with van der Waals surface area (Å²) in [4.78, 5) is 28.2. The minimum atomic E-state index is -0.290. The zero-order valence-corrected chi connectivity index (χ0v) is 12.0. The second kappa shape index (κ2) is 5.69. The van der Waals surface area contributed by atoms with E-state index in [1.165, 1.54) is 0 Å². The third-order valence-electron chi connectivity index (χ3n) is 4.42. The Kier molecular flexibility index (Phi) is 3.94. The van der Waals surface area contributed by atoms with Gasteiger partial charge in [-0.3, -0.25) is 14.5 Å². The number of rotatable bonds is 4. The highest BCUT2D eigenvalue weighted by Gasteiger charge is 2.43. The van der Waals surface area contributed by atoms with E-state index >= 15 is 0 Å². The number of carbonyl (C=O) groups excluding carboxylic acids is 2. The van der Waals surface area contributed by atoms with Gasteiger partial charge in [0, 0.05) is 19.6 Å². The van der Waals surface area contributed by atoms with E-state index in [0.29, 0.717) is 19.1 Å². The number of amides is 2. The molecule has 2 saturated heterocycles. The Balaban J connectivity index is 1.60. The van der Waals surface area contributed by atoms with Crippen molar-refractivity contribution in [3.63, 3.8) is 0 Å². The smallest absolute Gasteiger partial charge is 0.245 e. The molecular formula is C14H23N3O3. The van der Waals surface area contributed by atoms with Crippen LogP contribution in [0.4, 0.5) is 0 Å². The molecule has 112 valence electrons. The highest BCUT2D eigenvalue weighted by atomic mass is 16.5. The van der Waals surface area contributed by atoms with Gasteiger partial charge < -0.3 is 15.0 Å². The van der Waals surface area contributed by atoms with Gasteiger partial charge in [-0.2, -0.15) is 0 Å². The normalized spacial score (nSPS) is 32.4. The summed E-state index contributed by atoms with van der Waals surface area (Å²) in [7, 11) is 0. The van der Waals surface area contributed by atoms with Gasteiger partial charge in [-0.1, -0.05) is 6.92 Å². The Morgan fingerprint density at radius 2 is 2.15 bits per heavy atom. The standard InChI is InChI=1S/C14H23N3O3/c1-2-16-5-6-20-11(7-16)8-17-9-12(18)15-13(14(17)19)10-3-4-10/h10-11,13H,2-9H2,1H3,(H,15,18). The van der Waals surface area contributed by atoms with Crippen LogP contribution in [0.1, 0.15) is 19.8 Å². The zero-order chi connectivity index (χ0) is 14.1. The van der Waals surface area contributed by atoms with Crippen LogP contribution < -0.4 is 5.32 Å². The topological polar surface area (TPSA) is 61.9 Å². The predicted molar refractivity (Wildman–Crippen MR) is 73.1 cm³/mol. The van der Waals surface area contributed by atoms with Crippen LogP contribution in [-0.2, 0) is 14.3 Å². The number of carbonyl (C=O) groups is 2. The molecule has 6 heteroatoms. The zero-order valence-electron chi connectivity index (χ0n) is 12.0. The van der Waals surface area contributed by atoms with Gasteiger partial charge in [-0.05, 0) is 25.3 Å². The molecular weight excluding hydrogens is 258 g/mol. The van der Waals surface area contributed by atoms with Gasteiger partial charge in [0.2, 0.25) is 11.8 Å². The van der Waals surface area contributed by atoms with Crippen molar-refractivity contribution in [2.75, 3.05) is 39.3 Å².